The largest absolute Gasteiger partial charge is 0.444 e. The van der Waals surface area contributed by atoms with E-state index in [1.54, 1.807) is 7.05 Å². The van der Waals surface area contributed by atoms with Gasteiger partial charge >= 0.3 is 6.09 Å². The number of imidazole rings is 1. The number of alkyl carbamates (subject to hydrolysis) is 1. The van der Waals surface area contributed by atoms with Gasteiger partial charge in [-0.2, -0.15) is 0 Å². The number of amides is 1. The molecule has 0 aliphatic carbocycles. The summed E-state index contributed by atoms with van der Waals surface area (Å²) in [5.74, 6) is 1.79. The third kappa shape index (κ3) is 7.63. The first kappa shape index (κ1) is 22.5. The molecule has 0 atom stereocenters. The van der Waals surface area contributed by atoms with E-state index in [-0.39, 0.29) is 6.09 Å². The number of carbonyl (C=O) groups is 1. The van der Waals surface area contributed by atoms with Crippen LogP contribution >= 0.6 is 0 Å². The Hall–Kier alpha value is -2.77. The number of fused-ring (bicyclic) bond motifs is 1. The van der Waals surface area contributed by atoms with Crippen LogP contribution in [0.4, 0.5) is 4.79 Å². The van der Waals surface area contributed by atoms with Crippen LogP contribution in [0.2, 0.25) is 0 Å². The molecule has 29 heavy (non-hydrogen) atoms. The normalized spacial score (nSPS) is 12.1. The van der Waals surface area contributed by atoms with Crippen LogP contribution < -0.4 is 16.0 Å². The highest BCUT2D eigenvalue weighted by molar-refractivity contribution is 5.79. The molecular formula is C21H34N6O2. The topological polar surface area (TPSA) is 92.6 Å². The fourth-order valence-corrected chi connectivity index (χ4v) is 2.94. The van der Waals surface area contributed by atoms with Crippen molar-refractivity contribution in [1.29, 1.82) is 0 Å². The Morgan fingerprint density at radius 1 is 1.10 bits per heavy atom. The van der Waals surface area contributed by atoms with Crippen LogP contribution in [-0.4, -0.2) is 53.9 Å². The predicted octanol–water partition coefficient (Wildman–Crippen LogP) is 2.81. The Balaban J connectivity index is 1.63. The van der Waals surface area contributed by atoms with Crippen molar-refractivity contribution in [1.82, 2.24) is 25.5 Å². The van der Waals surface area contributed by atoms with Gasteiger partial charge < -0.3 is 25.3 Å². The molecule has 0 fully saturated rings. The summed E-state index contributed by atoms with van der Waals surface area (Å²) in [5, 5.41) is 9.33. The number of aryl methyl sites for hydroxylation is 2. The molecule has 1 aromatic heterocycles. The van der Waals surface area contributed by atoms with Gasteiger partial charge in [-0.1, -0.05) is 12.1 Å². The monoisotopic (exact) mass is 402 g/mol. The summed E-state index contributed by atoms with van der Waals surface area (Å²) < 4.78 is 7.45. The molecule has 3 N–H and O–H groups in total. The molecule has 160 valence electrons. The average Bonchev–Trinajstić information content (AvgIpc) is 2.97. The number of benzene rings is 1. The number of carbonyl (C=O) groups excluding carboxylic acids is 1. The van der Waals surface area contributed by atoms with Crippen molar-refractivity contribution in [3.8, 4) is 0 Å². The van der Waals surface area contributed by atoms with Crippen molar-refractivity contribution < 1.29 is 9.53 Å². The molecule has 0 radical (unpaired) electrons. The van der Waals surface area contributed by atoms with Gasteiger partial charge in [0.15, 0.2) is 5.96 Å². The molecule has 2 aromatic rings. The Kier molecular flexibility index (Phi) is 8.30. The highest BCUT2D eigenvalue weighted by Crippen LogP contribution is 2.15. The molecule has 0 spiro atoms. The van der Waals surface area contributed by atoms with Crippen molar-refractivity contribution in [2.75, 3.05) is 26.7 Å². The fourth-order valence-electron chi connectivity index (χ4n) is 2.94. The minimum Gasteiger partial charge on any atom is -0.444 e. The molecule has 1 aromatic carbocycles. The minimum absolute atomic E-state index is 0.387. The second-order valence-electron chi connectivity index (χ2n) is 7.86. The summed E-state index contributed by atoms with van der Waals surface area (Å²) in [6, 6.07) is 8.20. The molecular weight excluding hydrogens is 368 g/mol. The van der Waals surface area contributed by atoms with Crippen LogP contribution in [0.15, 0.2) is 29.3 Å². The predicted molar refractivity (Wildman–Crippen MR) is 117 cm³/mol. The Morgan fingerprint density at radius 3 is 2.45 bits per heavy atom. The summed E-state index contributed by atoms with van der Waals surface area (Å²) in [6.07, 6.45) is 1.35. The fraction of sp³-hybridized carbons (Fsp3) is 0.571. The molecule has 2 rings (SSSR count). The summed E-state index contributed by atoms with van der Waals surface area (Å²) in [4.78, 5) is 20.4. The van der Waals surface area contributed by atoms with E-state index >= 15 is 0 Å². The van der Waals surface area contributed by atoms with Gasteiger partial charge in [0.25, 0.3) is 0 Å². The first-order valence-electron chi connectivity index (χ1n) is 10.1. The number of hydrogen-bond donors (Lipinski definition) is 3. The first-order chi connectivity index (χ1) is 13.8. The number of ether oxygens (including phenoxy) is 1. The highest BCUT2D eigenvalue weighted by Gasteiger charge is 2.15. The zero-order valence-corrected chi connectivity index (χ0v) is 18.2. The van der Waals surface area contributed by atoms with E-state index in [2.05, 4.69) is 36.6 Å². The maximum atomic E-state index is 11.6. The van der Waals surface area contributed by atoms with Crippen LogP contribution in [0.5, 0.6) is 0 Å². The number of aliphatic imine (C=N–C) groups is 1. The lowest BCUT2D eigenvalue weighted by Gasteiger charge is -2.19. The molecule has 0 saturated heterocycles. The lowest BCUT2D eigenvalue weighted by Crippen LogP contribution is -2.39. The molecule has 1 heterocycles. The standard InChI is InChI=1S/C21H34N6O2/c1-16-26-17-10-6-7-11-18(17)27(16)15-9-14-24-19(22-5)23-12-8-13-25-20(28)29-21(2,3)4/h6-7,10-11H,8-9,12-15H2,1-5H3,(H,25,28)(H2,22,23,24). The number of nitrogens with zero attached hydrogens (tertiary/aromatic N) is 3. The summed E-state index contributed by atoms with van der Waals surface area (Å²) in [7, 11) is 1.75. The van der Waals surface area contributed by atoms with E-state index in [4.69, 9.17) is 4.74 Å². The van der Waals surface area contributed by atoms with Crippen LogP contribution in [0.25, 0.3) is 11.0 Å². The summed E-state index contributed by atoms with van der Waals surface area (Å²) in [5.41, 5.74) is 1.73. The van der Waals surface area contributed by atoms with Crippen LogP contribution in [0, 0.1) is 6.92 Å². The zero-order chi connectivity index (χ0) is 21.3. The number of rotatable bonds is 8. The van der Waals surface area contributed by atoms with E-state index in [1.807, 2.05) is 45.9 Å². The van der Waals surface area contributed by atoms with Crippen LogP contribution in [0.3, 0.4) is 0 Å². The highest BCUT2D eigenvalue weighted by atomic mass is 16.6. The molecule has 0 aliphatic heterocycles. The van der Waals surface area contributed by atoms with Gasteiger partial charge in [0.1, 0.15) is 11.4 Å². The Labute approximate surface area is 173 Å². The van der Waals surface area contributed by atoms with Gasteiger partial charge in [0, 0.05) is 33.2 Å². The van der Waals surface area contributed by atoms with Crippen molar-refractivity contribution in [3.63, 3.8) is 0 Å². The third-order valence-electron chi connectivity index (χ3n) is 4.23. The van der Waals surface area contributed by atoms with Crippen molar-refractivity contribution >= 4 is 23.1 Å². The molecule has 8 nitrogen and oxygen atoms in total. The van der Waals surface area contributed by atoms with E-state index < -0.39 is 5.60 Å². The van der Waals surface area contributed by atoms with Gasteiger partial charge in [-0.15, -0.1) is 0 Å². The van der Waals surface area contributed by atoms with Crippen molar-refractivity contribution in [2.24, 2.45) is 4.99 Å². The van der Waals surface area contributed by atoms with Gasteiger partial charge in [0.05, 0.1) is 11.0 Å². The first-order valence-corrected chi connectivity index (χ1v) is 10.1. The van der Waals surface area contributed by atoms with Crippen molar-refractivity contribution in [2.45, 2.75) is 52.7 Å². The smallest absolute Gasteiger partial charge is 0.407 e. The van der Waals surface area contributed by atoms with E-state index in [1.165, 1.54) is 5.52 Å². The third-order valence-corrected chi connectivity index (χ3v) is 4.23. The number of nitrogens with one attached hydrogen (secondary N) is 3. The SMILES string of the molecule is CN=C(NCCCNC(=O)OC(C)(C)C)NCCCn1c(C)nc2ccccc21. The van der Waals surface area contributed by atoms with Gasteiger partial charge in [-0.3, -0.25) is 4.99 Å². The molecule has 0 bridgehead atoms. The number of aromatic nitrogens is 2. The molecule has 0 unspecified atom stereocenters. The van der Waals surface area contributed by atoms with E-state index in [0.29, 0.717) is 13.1 Å². The number of guanidine groups is 1. The lowest BCUT2D eigenvalue weighted by atomic mass is 10.2. The summed E-state index contributed by atoms with van der Waals surface area (Å²) >= 11 is 0. The Morgan fingerprint density at radius 2 is 1.76 bits per heavy atom. The molecule has 1 amide bonds. The van der Waals surface area contributed by atoms with Crippen LogP contribution in [-0.2, 0) is 11.3 Å². The van der Waals surface area contributed by atoms with Gasteiger partial charge in [-0.25, -0.2) is 9.78 Å². The Bertz CT molecular complexity index is 822. The second-order valence-corrected chi connectivity index (χ2v) is 7.86. The van der Waals surface area contributed by atoms with E-state index in [9.17, 15) is 4.79 Å². The quantitative estimate of drug-likeness (QED) is 0.359. The summed E-state index contributed by atoms with van der Waals surface area (Å²) in [6.45, 7) is 10.5. The lowest BCUT2D eigenvalue weighted by molar-refractivity contribution is 0.0527. The van der Waals surface area contributed by atoms with Crippen molar-refractivity contribution in [3.05, 3.63) is 30.1 Å². The van der Waals surface area contributed by atoms with Crippen LogP contribution in [0.1, 0.15) is 39.4 Å². The van der Waals surface area contributed by atoms with Gasteiger partial charge in [-0.05, 0) is 52.7 Å². The van der Waals surface area contributed by atoms with E-state index in [0.717, 1.165) is 43.2 Å². The zero-order valence-electron chi connectivity index (χ0n) is 18.2. The average molecular weight is 403 g/mol. The maximum absolute atomic E-state index is 11.6. The maximum Gasteiger partial charge on any atom is 0.407 e. The van der Waals surface area contributed by atoms with Gasteiger partial charge in [0.2, 0.25) is 0 Å². The number of hydrogen-bond acceptors (Lipinski definition) is 4. The molecule has 0 saturated carbocycles. The minimum atomic E-state index is -0.476. The number of para-hydroxylation sites is 2. The second kappa shape index (κ2) is 10.7. The molecule has 0 aliphatic rings. The molecule has 8 heteroatoms.